The van der Waals surface area contributed by atoms with E-state index in [1.807, 2.05) is 25.1 Å². The van der Waals surface area contributed by atoms with Crippen molar-refractivity contribution in [2.24, 2.45) is 0 Å². The first-order valence-corrected chi connectivity index (χ1v) is 3.67. The third-order valence-electron chi connectivity index (χ3n) is 1.61. The summed E-state index contributed by atoms with van der Waals surface area (Å²) in [6.07, 6.45) is 0. The van der Waals surface area contributed by atoms with Crippen LogP contribution in [-0.4, -0.2) is 0 Å². The predicted octanol–water partition coefficient (Wildman–Crippen LogP) is 3.09. The van der Waals surface area contributed by atoms with E-state index in [1.54, 1.807) is 0 Å². The van der Waals surface area contributed by atoms with Crippen molar-refractivity contribution in [2.45, 2.75) is 12.3 Å². The number of halogens is 1. The largest absolute Gasteiger partial charge is 0.449 e. The molecular weight excluding hydrogens is 148 g/mol. The van der Waals surface area contributed by atoms with Crippen LogP contribution < -0.4 is 4.74 Å². The molecule has 0 saturated carbocycles. The number of ether oxygens (including phenoxy) is 1. The van der Waals surface area contributed by atoms with E-state index in [2.05, 4.69) is 0 Å². The molecular formula is C8H7ClO. The lowest BCUT2D eigenvalue weighted by molar-refractivity contribution is 0.643. The molecule has 52 valence electrons. The van der Waals surface area contributed by atoms with Crippen LogP contribution in [0.25, 0.3) is 0 Å². The molecule has 1 aromatic rings. The van der Waals surface area contributed by atoms with Gasteiger partial charge in [0.2, 0.25) is 0 Å². The van der Waals surface area contributed by atoms with Gasteiger partial charge in [-0.2, -0.15) is 0 Å². The molecule has 2 rings (SSSR count). The van der Waals surface area contributed by atoms with Gasteiger partial charge in [0.1, 0.15) is 0 Å². The molecule has 0 N–H and O–H groups in total. The Morgan fingerprint density at radius 1 is 1.50 bits per heavy atom. The van der Waals surface area contributed by atoms with Crippen molar-refractivity contribution in [1.29, 1.82) is 0 Å². The highest BCUT2D eigenvalue weighted by atomic mass is 35.5. The Bertz CT molecular complexity index is 268. The SMILES string of the molecule is CC(Cl)c1cccc2c1O2. The molecule has 1 atom stereocenters. The van der Waals surface area contributed by atoms with Crippen molar-refractivity contribution >= 4 is 11.6 Å². The lowest BCUT2D eigenvalue weighted by Crippen LogP contribution is -1.77. The Hall–Kier alpha value is -0.690. The molecule has 1 unspecified atom stereocenters. The molecule has 10 heavy (non-hydrogen) atoms. The smallest absolute Gasteiger partial charge is 0.174 e. The fraction of sp³-hybridized carbons (Fsp3) is 0.250. The first kappa shape index (κ1) is 6.05. The summed E-state index contributed by atoms with van der Waals surface area (Å²) in [6, 6.07) is 5.89. The molecule has 1 aromatic carbocycles. The molecule has 0 radical (unpaired) electrons. The fourth-order valence-electron chi connectivity index (χ4n) is 1.02. The van der Waals surface area contributed by atoms with Gasteiger partial charge in [0.25, 0.3) is 0 Å². The van der Waals surface area contributed by atoms with E-state index in [1.165, 1.54) is 0 Å². The number of benzene rings is 1. The fourth-order valence-corrected chi connectivity index (χ4v) is 1.20. The zero-order valence-electron chi connectivity index (χ0n) is 5.60. The summed E-state index contributed by atoms with van der Waals surface area (Å²) < 4.78 is 5.15. The van der Waals surface area contributed by atoms with Crippen molar-refractivity contribution in [1.82, 2.24) is 0 Å². The van der Waals surface area contributed by atoms with Crippen molar-refractivity contribution in [3.8, 4) is 11.5 Å². The van der Waals surface area contributed by atoms with Gasteiger partial charge in [-0.3, -0.25) is 0 Å². The molecule has 1 nitrogen and oxygen atoms in total. The minimum atomic E-state index is 0.0532. The molecule has 0 fully saturated rings. The van der Waals surface area contributed by atoms with Gasteiger partial charge in [0.05, 0.1) is 5.38 Å². The van der Waals surface area contributed by atoms with Crippen molar-refractivity contribution in [2.75, 3.05) is 0 Å². The first-order valence-electron chi connectivity index (χ1n) is 3.24. The maximum absolute atomic E-state index is 5.86. The summed E-state index contributed by atoms with van der Waals surface area (Å²) in [5, 5.41) is 0.0532. The van der Waals surface area contributed by atoms with Gasteiger partial charge in [0.15, 0.2) is 11.5 Å². The van der Waals surface area contributed by atoms with E-state index in [-0.39, 0.29) is 5.38 Å². The molecule has 0 aromatic heterocycles. The Morgan fingerprint density at radius 3 is 2.90 bits per heavy atom. The number of fused-ring (bicyclic) bond motifs is 1. The molecule has 0 aliphatic carbocycles. The second-order valence-corrected chi connectivity index (χ2v) is 3.05. The molecule has 0 amide bonds. The van der Waals surface area contributed by atoms with Crippen LogP contribution in [0.2, 0.25) is 0 Å². The van der Waals surface area contributed by atoms with Gasteiger partial charge < -0.3 is 4.74 Å². The average Bonchev–Trinajstić information content (AvgIpc) is 2.63. The van der Waals surface area contributed by atoms with Crippen LogP contribution in [-0.2, 0) is 0 Å². The van der Waals surface area contributed by atoms with Gasteiger partial charge in [-0.05, 0) is 13.0 Å². The van der Waals surface area contributed by atoms with Crippen molar-refractivity contribution in [3.05, 3.63) is 23.8 Å². The van der Waals surface area contributed by atoms with Crippen molar-refractivity contribution < 1.29 is 4.74 Å². The normalized spacial score (nSPS) is 15.4. The molecule has 2 heteroatoms. The highest BCUT2D eigenvalue weighted by molar-refractivity contribution is 6.20. The zero-order chi connectivity index (χ0) is 7.14. The maximum atomic E-state index is 5.86. The summed E-state index contributed by atoms with van der Waals surface area (Å²) in [4.78, 5) is 0. The summed E-state index contributed by atoms with van der Waals surface area (Å²) in [5.41, 5.74) is 1.10. The molecule has 0 saturated heterocycles. The standard InChI is InChI=1S/C8H7ClO/c1-5(9)6-3-2-4-7-8(6)10-7/h2-5H,1H3. The molecule has 1 heterocycles. The summed E-state index contributed by atoms with van der Waals surface area (Å²) >= 11 is 5.86. The van der Waals surface area contributed by atoms with Gasteiger partial charge in [0, 0.05) is 5.56 Å². The Labute approximate surface area is 64.6 Å². The maximum Gasteiger partial charge on any atom is 0.174 e. The van der Waals surface area contributed by atoms with E-state index in [0.717, 1.165) is 17.1 Å². The van der Waals surface area contributed by atoms with Crippen LogP contribution >= 0.6 is 11.6 Å². The van der Waals surface area contributed by atoms with Gasteiger partial charge >= 0.3 is 0 Å². The minimum Gasteiger partial charge on any atom is -0.449 e. The van der Waals surface area contributed by atoms with Gasteiger partial charge in [-0.25, -0.2) is 0 Å². The predicted molar refractivity (Wildman–Crippen MR) is 40.8 cm³/mol. The first-order chi connectivity index (χ1) is 4.79. The Balaban J connectivity index is 2.46. The van der Waals surface area contributed by atoms with Crippen LogP contribution in [0.5, 0.6) is 11.5 Å². The number of alkyl halides is 1. The summed E-state index contributed by atoms with van der Waals surface area (Å²) in [5.74, 6) is 1.95. The average molecular weight is 155 g/mol. The van der Waals surface area contributed by atoms with E-state index in [9.17, 15) is 0 Å². The molecule has 0 bridgehead atoms. The highest BCUT2D eigenvalue weighted by Crippen LogP contribution is 2.50. The summed E-state index contributed by atoms with van der Waals surface area (Å²) in [7, 11) is 0. The van der Waals surface area contributed by atoms with Gasteiger partial charge in [-0.15, -0.1) is 11.6 Å². The highest BCUT2D eigenvalue weighted by Gasteiger charge is 2.25. The topological polar surface area (TPSA) is 12.5 Å². The zero-order valence-corrected chi connectivity index (χ0v) is 6.35. The monoisotopic (exact) mass is 154 g/mol. The number of rotatable bonds is 1. The van der Waals surface area contributed by atoms with Gasteiger partial charge in [-0.1, -0.05) is 12.1 Å². The second-order valence-electron chi connectivity index (χ2n) is 2.39. The van der Waals surface area contributed by atoms with Crippen LogP contribution in [0.4, 0.5) is 0 Å². The lowest BCUT2D eigenvalue weighted by Gasteiger charge is -1.96. The molecule has 1 aliphatic rings. The Kier molecular flexibility index (Phi) is 1.15. The van der Waals surface area contributed by atoms with Crippen LogP contribution in [0, 0.1) is 0 Å². The van der Waals surface area contributed by atoms with E-state index in [4.69, 9.17) is 16.3 Å². The quantitative estimate of drug-likeness (QED) is 0.454. The third-order valence-corrected chi connectivity index (χ3v) is 1.84. The lowest BCUT2D eigenvalue weighted by atomic mass is 10.2. The molecule has 0 spiro atoms. The van der Waals surface area contributed by atoms with E-state index >= 15 is 0 Å². The number of hydrogen-bond acceptors (Lipinski definition) is 1. The third kappa shape index (κ3) is 0.781. The van der Waals surface area contributed by atoms with E-state index in [0.29, 0.717) is 0 Å². The van der Waals surface area contributed by atoms with Crippen LogP contribution in [0.3, 0.4) is 0 Å². The number of hydrogen-bond donors (Lipinski definition) is 0. The van der Waals surface area contributed by atoms with Crippen LogP contribution in [0.15, 0.2) is 18.2 Å². The van der Waals surface area contributed by atoms with Crippen molar-refractivity contribution in [3.63, 3.8) is 0 Å². The number of para-hydroxylation sites is 1. The Morgan fingerprint density at radius 2 is 2.30 bits per heavy atom. The molecule has 1 aliphatic heterocycles. The van der Waals surface area contributed by atoms with E-state index < -0.39 is 0 Å². The second kappa shape index (κ2) is 1.89. The van der Waals surface area contributed by atoms with Crippen LogP contribution in [0.1, 0.15) is 17.9 Å². The minimum absolute atomic E-state index is 0.0532. The summed E-state index contributed by atoms with van der Waals surface area (Å²) in [6.45, 7) is 1.94.